The maximum Gasteiger partial charge on any atom is 0.233 e. The number of nitrogens with two attached hydrogens (primary N) is 1. The van der Waals surface area contributed by atoms with Crippen molar-refractivity contribution in [3.8, 4) is 5.75 Å². The van der Waals surface area contributed by atoms with Crippen molar-refractivity contribution in [2.24, 2.45) is 0 Å². The van der Waals surface area contributed by atoms with E-state index in [-0.39, 0.29) is 6.61 Å². The van der Waals surface area contributed by atoms with E-state index in [4.69, 9.17) is 38.1 Å². The fourth-order valence-electron chi connectivity index (χ4n) is 1.75. The van der Waals surface area contributed by atoms with Crippen molar-refractivity contribution < 1.29 is 9.15 Å². The average Bonchev–Trinajstić information content (AvgIpc) is 2.80. The number of aromatic nitrogens is 1. The highest BCUT2D eigenvalue weighted by Crippen LogP contribution is 2.26. The lowest BCUT2D eigenvalue weighted by Gasteiger charge is -2.02. The molecule has 0 aliphatic rings. The Bertz CT molecular complexity index is 715. The highest BCUT2D eigenvalue weighted by molar-refractivity contribution is 6.33. The molecule has 0 saturated heterocycles. The number of fused-ring (bicyclic) bond motifs is 1. The molecule has 0 bridgehead atoms. The Labute approximate surface area is 125 Å². The third-order valence-electron chi connectivity index (χ3n) is 2.73. The molecular weight excluding hydrogens is 299 g/mol. The lowest BCUT2D eigenvalue weighted by Crippen LogP contribution is -1.94. The Kier molecular flexibility index (Phi) is 3.42. The normalized spacial score (nSPS) is 10.9. The number of ether oxygens (including phenoxy) is 1. The van der Waals surface area contributed by atoms with Crippen LogP contribution in [0.3, 0.4) is 0 Å². The number of nitrogen functional groups attached to an aromatic ring is 1. The number of benzene rings is 2. The molecular formula is C14H10Cl2N2O2. The van der Waals surface area contributed by atoms with Gasteiger partial charge in [0.2, 0.25) is 5.89 Å². The van der Waals surface area contributed by atoms with E-state index in [9.17, 15) is 0 Å². The van der Waals surface area contributed by atoms with E-state index in [1.165, 1.54) is 0 Å². The molecule has 0 spiro atoms. The molecule has 3 aromatic rings. The van der Waals surface area contributed by atoms with Crippen LogP contribution < -0.4 is 10.5 Å². The predicted molar refractivity (Wildman–Crippen MR) is 79.2 cm³/mol. The van der Waals surface area contributed by atoms with Crippen LogP contribution in [0.1, 0.15) is 5.89 Å². The van der Waals surface area contributed by atoms with Gasteiger partial charge in [0.15, 0.2) is 12.2 Å². The molecule has 0 amide bonds. The van der Waals surface area contributed by atoms with E-state index < -0.39 is 0 Å². The van der Waals surface area contributed by atoms with Crippen LogP contribution in [0, 0.1) is 0 Å². The molecule has 2 N–H and O–H groups in total. The van der Waals surface area contributed by atoms with Crippen LogP contribution in [0.2, 0.25) is 10.0 Å². The van der Waals surface area contributed by atoms with Gasteiger partial charge in [0.1, 0.15) is 11.3 Å². The van der Waals surface area contributed by atoms with E-state index in [1.807, 2.05) is 0 Å². The number of anilines is 1. The number of rotatable bonds is 3. The Morgan fingerprint density at radius 1 is 1.15 bits per heavy atom. The summed E-state index contributed by atoms with van der Waals surface area (Å²) in [7, 11) is 0. The van der Waals surface area contributed by atoms with Gasteiger partial charge in [0, 0.05) is 11.1 Å². The second-order valence-electron chi connectivity index (χ2n) is 4.19. The van der Waals surface area contributed by atoms with Gasteiger partial charge < -0.3 is 14.9 Å². The molecule has 0 radical (unpaired) electrons. The van der Waals surface area contributed by atoms with E-state index in [1.54, 1.807) is 36.4 Å². The minimum atomic E-state index is 0.216. The quantitative estimate of drug-likeness (QED) is 0.733. The van der Waals surface area contributed by atoms with Crippen LogP contribution in [0.25, 0.3) is 11.1 Å². The van der Waals surface area contributed by atoms with E-state index >= 15 is 0 Å². The minimum Gasteiger partial charge on any atom is -0.484 e. The molecule has 6 heteroatoms. The molecule has 4 nitrogen and oxygen atoms in total. The fraction of sp³-hybridized carbons (Fsp3) is 0.0714. The van der Waals surface area contributed by atoms with Gasteiger partial charge in [-0.1, -0.05) is 23.2 Å². The van der Waals surface area contributed by atoms with Crippen LogP contribution in [0.4, 0.5) is 5.69 Å². The van der Waals surface area contributed by atoms with Crippen molar-refractivity contribution >= 4 is 40.0 Å². The molecule has 0 saturated carbocycles. The predicted octanol–water partition coefficient (Wildman–Crippen LogP) is 4.30. The van der Waals surface area contributed by atoms with Gasteiger partial charge in [-0.15, -0.1) is 0 Å². The molecule has 0 atom stereocenters. The highest BCUT2D eigenvalue weighted by atomic mass is 35.5. The summed E-state index contributed by atoms with van der Waals surface area (Å²) in [4.78, 5) is 4.29. The van der Waals surface area contributed by atoms with Gasteiger partial charge in [-0.05, 0) is 30.3 Å². The van der Waals surface area contributed by atoms with E-state index in [0.29, 0.717) is 38.5 Å². The van der Waals surface area contributed by atoms with Gasteiger partial charge >= 0.3 is 0 Å². The zero-order chi connectivity index (χ0) is 14.1. The van der Waals surface area contributed by atoms with Gasteiger partial charge in [-0.3, -0.25) is 0 Å². The summed E-state index contributed by atoms with van der Waals surface area (Å²) in [6, 6.07) is 10.4. The van der Waals surface area contributed by atoms with Gasteiger partial charge in [-0.25, -0.2) is 4.98 Å². The van der Waals surface area contributed by atoms with Crippen molar-refractivity contribution in [1.82, 2.24) is 4.98 Å². The van der Waals surface area contributed by atoms with Crippen molar-refractivity contribution in [2.75, 3.05) is 5.73 Å². The Balaban J connectivity index is 1.79. The summed E-state index contributed by atoms with van der Waals surface area (Å²) < 4.78 is 11.1. The molecule has 1 aromatic heterocycles. The lowest BCUT2D eigenvalue weighted by atomic mass is 10.3. The first-order chi connectivity index (χ1) is 9.61. The topological polar surface area (TPSA) is 61.3 Å². The average molecular weight is 309 g/mol. The number of halogens is 2. The number of hydrogen-bond donors (Lipinski definition) is 1. The summed E-state index contributed by atoms with van der Waals surface area (Å²) in [5.41, 5.74) is 7.41. The van der Waals surface area contributed by atoms with Gasteiger partial charge in [0.25, 0.3) is 0 Å². The number of oxazole rings is 1. The molecule has 0 unspecified atom stereocenters. The summed E-state index contributed by atoms with van der Waals surface area (Å²) in [5.74, 6) is 1.14. The summed E-state index contributed by atoms with van der Waals surface area (Å²) in [5, 5.41) is 1.11. The van der Waals surface area contributed by atoms with Crippen LogP contribution in [-0.4, -0.2) is 4.98 Å². The maximum atomic E-state index is 5.93. The van der Waals surface area contributed by atoms with Crippen molar-refractivity contribution in [1.29, 1.82) is 0 Å². The minimum absolute atomic E-state index is 0.216. The monoisotopic (exact) mass is 308 g/mol. The molecule has 102 valence electrons. The zero-order valence-electron chi connectivity index (χ0n) is 10.3. The Morgan fingerprint density at radius 3 is 2.65 bits per heavy atom. The fourth-order valence-corrected chi connectivity index (χ4v) is 2.03. The molecule has 0 fully saturated rings. The molecule has 2 aromatic carbocycles. The lowest BCUT2D eigenvalue weighted by molar-refractivity contribution is 0.267. The van der Waals surface area contributed by atoms with Crippen molar-refractivity contribution in [3.05, 3.63) is 52.3 Å². The molecule has 3 rings (SSSR count). The van der Waals surface area contributed by atoms with Crippen LogP contribution >= 0.6 is 23.2 Å². The summed E-state index contributed by atoms with van der Waals surface area (Å²) >= 11 is 11.7. The third kappa shape index (κ3) is 2.66. The SMILES string of the molecule is Nc1cc2oc(COc3ccc(Cl)cc3)nc2cc1Cl. The zero-order valence-corrected chi connectivity index (χ0v) is 11.8. The largest absolute Gasteiger partial charge is 0.484 e. The van der Waals surface area contributed by atoms with E-state index in [0.717, 1.165) is 0 Å². The molecule has 0 aliphatic carbocycles. The number of hydrogen-bond acceptors (Lipinski definition) is 4. The Morgan fingerprint density at radius 2 is 1.90 bits per heavy atom. The smallest absolute Gasteiger partial charge is 0.233 e. The van der Waals surface area contributed by atoms with Gasteiger partial charge in [0.05, 0.1) is 10.7 Å². The second-order valence-corrected chi connectivity index (χ2v) is 5.04. The van der Waals surface area contributed by atoms with Crippen LogP contribution in [0.15, 0.2) is 40.8 Å². The van der Waals surface area contributed by atoms with Gasteiger partial charge in [-0.2, -0.15) is 0 Å². The van der Waals surface area contributed by atoms with Crippen LogP contribution in [0.5, 0.6) is 5.75 Å². The molecule has 0 aliphatic heterocycles. The molecule has 20 heavy (non-hydrogen) atoms. The first-order valence-electron chi connectivity index (χ1n) is 5.84. The first kappa shape index (κ1) is 13.1. The standard InChI is InChI=1S/C14H10Cl2N2O2/c15-8-1-3-9(4-2-8)19-7-14-18-12-5-10(16)11(17)6-13(12)20-14/h1-6H,7,17H2. The van der Waals surface area contributed by atoms with Crippen LogP contribution in [-0.2, 0) is 6.61 Å². The van der Waals surface area contributed by atoms with Crippen molar-refractivity contribution in [2.45, 2.75) is 6.61 Å². The summed E-state index contributed by atoms with van der Waals surface area (Å²) in [6.07, 6.45) is 0. The number of nitrogens with zero attached hydrogens (tertiary/aromatic N) is 1. The maximum absolute atomic E-state index is 5.93. The summed E-state index contributed by atoms with van der Waals surface area (Å²) in [6.45, 7) is 0.216. The van der Waals surface area contributed by atoms with E-state index in [2.05, 4.69) is 4.98 Å². The Hall–Kier alpha value is -1.91. The second kappa shape index (κ2) is 5.23. The third-order valence-corrected chi connectivity index (χ3v) is 3.31. The molecule has 1 heterocycles. The highest BCUT2D eigenvalue weighted by Gasteiger charge is 2.09. The van der Waals surface area contributed by atoms with Crippen molar-refractivity contribution in [3.63, 3.8) is 0 Å². The first-order valence-corrected chi connectivity index (χ1v) is 6.60.